The maximum Gasteiger partial charge on any atom is 0.115 e. The fraction of sp³-hybridized carbons (Fsp3) is 0.556. The topological polar surface area (TPSA) is 12.5 Å². The Morgan fingerprint density at radius 1 is 1.50 bits per heavy atom. The van der Waals surface area contributed by atoms with Crippen LogP contribution in [0.5, 0.6) is 0 Å². The summed E-state index contributed by atoms with van der Waals surface area (Å²) in [6.45, 7) is 6.39. The number of fused-ring (bicyclic) bond motifs is 1. The van der Waals surface area contributed by atoms with Crippen molar-refractivity contribution in [2.75, 3.05) is 0 Å². The van der Waals surface area contributed by atoms with Gasteiger partial charge in [0.25, 0.3) is 0 Å². The Bertz CT molecular complexity index is 237. The highest BCUT2D eigenvalue weighted by molar-refractivity contribution is 5.40. The quantitative estimate of drug-likeness (QED) is 0.464. The number of allylic oxidation sites excluding steroid dienone is 2. The minimum absolute atomic E-state index is 0.0584. The van der Waals surface area contributed by atoms with Gasteiger partial charge >= 0.3 is 0 Å². The Hall–Kier alpha value is -0.560. The molecule has 0 radical (unpaired) electrons. The molecule has 2 aliphatic rings. The molecular weight excluding hydrogens is 124 g/mol. The highest BCUT2D eigenvalue weighted by Gasteiger charge is 2.52. The first-order chi connectivity index (χ1) is 4.62. The Labute approximate surface area is 61.4 Å². The second kappa shape index (κ2) is 1.54. The minimum Gasteiger partial charge on any atom is -0.357 e. The van der Waals surface area contributed by atoms with Crippen LogP contribution in [0.15, 0.2) is 23.3 Å². The molecule has 1 heteroatoms. The van der Waals surface area contributed by atoms with E-state index in [0.717, 1.165) is 0 Å². The molecule has 0 N–H and O–H groups in total. The van der Waals surface area contributed by atoms with Gasteiger partial charge in [-0.1, -0.05) is 11.6 Å². The Morgan fingerprint density at radius 3 is 2.80 bits per heavy atom. The molecule has 0 spiro atoms. The number of rotatable bonds is 0. The smallest absolute Gasteiger partial charge is 0.115 e. The monoisotopic (exact) mass is 136 g/mol. The second-order valence-electron chi connectivity index (χ2n) is 3.46. The summed E-state index contributed by atoms with van der Waals surface area (Å²) in [4.78, 5) is 0. The van der Waals surface area contributed by atoms with Crippen molar-refractivity contribution >= 4 is 0 Å². The fourth-order valence-corrected chi connectivity index (χ4v) is 1.80. The lowest BCUT2D eigenvalue weighted by atomic mass is 9.93. The average molecular weight is 136 g/mol. The number of ether oxygens (including phenoxy) is 1. The standard InChI is InChI=1S/C9H12O/c1-6-4-7(2)8-9(3,5-6)10-8/h4-5,8H,1-3H3. The Balaban J connectivity index is 2.38. The molecule has 1 heterocycles. The Morgan fingerprint density at radius 2 is 2.20 bits per heavy atom. The summed E-state index contributed by atoms with van der Waals surface area (Å²) in [6.07, 6.45) is 4.78. The molecule has 1 aliphatic heterocycles. The number of hydrogen-bond acceptors (Lipinski definition) is 1. The molecule has 0 bridgehead atoms. The van der Waals surface area contributed by atoms with E-state index < -0.39 is 0 Å². The molecule has 1 saturated heterocycles. The van der Waals surface area contributed by atoms with Gasteiger partial charge in [-0.2, -0.15) is 0 Å². The average Bonchev–Trinajstić information content (AvgIpc) is 2.39. The van der Waals surface area contributed by atoms with Crippen LogP contribution in [0.25, 0.3) is 0 Å². The molecule has 2 rings (SSSR count). The van der Waals surface area contributed by atoms with Gasteiger partial charge in [-0.15, -0.1) is 0 Å². The van der Waals surface area contributed by atoms with Crippen LogP contribution in [-0.2, 0) is 4.74 Å². The van der Waals surface area contributed by atoms with Crippen molar-refractivity contribution in [2.45, 2.75) is 32.5 Å². The van der Waals surface area contributed by atoms with E-state index in [1.807, 2.05) is 0 Å². The van der Waals surface area contributed by atoms with Crippen LogP contribution < -0.4 is 0 Å². The lowest BCUT2D eigenvalue weighted by molar-refractivity contribution is 0.353. The second-order valence-corrected chi connectivity index (χ2v) is 3.46. The number of epoxide rings is 1. The summed E-state index contributed by atoms with van der Waals surface area (Å²) < 4.78 is 5.50. The van der Waals surface area contributed by atoms with Crippen LogP contribution in [0.4, 0.5) is 0 Å². The molecule has 10 heavy (non-hydrogen) atoms. The van der Waals surface area contributed by atoms with Crippen molar-refractivity contribution in [3.63, 3.8) is 0 Å². The van der Waals surface area contributed by atoms with Crippen LogP contribution in [0, 0.1) is 0 Å². The van der Waals surface area contributed by atoms with E-state index in [2.05, 4.69) is 32.9 Å². The lowest BCUT2D eigenvalue weighted by Crippen LogP contribution is -2.10. The van der Waals surface area contributed by atoms with Crippen LogP contribution in [0.1, 0.15) is 20.8 Å². The van der Waals surface area contributed by atoms with Crippen molar-refractivity contribution in [1.82, 2.24) is 0 Å². The van der Waals surface area contributed by atoms with Crippen LogP contribution >= 0.6 is 0 Å². The first-order valence-corrected chi connectivity index (χ1v) is 3.67. The maximum atomic E-state index is 5.50. The van der Waals surface area contributed by atoms with Crippen molar-refractivity contribution in [3.05, 3.63) is 23.3 Å². The van der Waals surface area contributed by atoms with E-state index in [0.29, 0.717) is 6.10 Å². The predicted molar refractivity (Wildman–Crippen MR) is 40.8 cm³/mol. The molecule has 0 aromatic rings. The lowest BCUT2D eigenvalue weighted by Gasteiger charge is -2.07. The Kier molecular flexibility index (Phi) is 0.948. The van der Waals surface area contributed by atoms with E-state index in [-0.39, 0.29) is 5.60 Å². The largest absolute Gasteiger partial charge is 0.357 e. The van der Waals surface area contributed by atoms with Gasteiger partial charge in [-0.25, -0.2) is 0 Å². The molecule has 0 amide bonds. The first kappa shape index (κ1) is 6.17. The summed E-state index contributed by atoms with van der Waals surface area (Å²) >= 11 is 0. The van der Waals surface area contributed by atoms with Gasteiger partial charge in [0, 0.05) is 0 Å². The summed E-state index contributed by atoms with van der Waals surface area (Å²) in [5.41, 5.74) is 2.75. The summed E-state index contributed by atoms with van der Waals surface area (Å²) in [6, 6.07) is 0. The summed E-state index contributed by atoms with van der Waals surface area (Å²) in [7, 11) is 0. The van der Waals surface area contributed by atoms with E-state index in [9.17, 15) is 0 Å². The van der Waals surface area contributed by atoms with Crippen molar-refractivity contribution < 1.29 is 4.74 Å². The van der Waals surface area contributed by atoms with E-state index in [1.54, 1.807) is 0 Å². The highest BCUT2D eigenvalue weighted by Crippen LogP contribution is 2.45. The van der Waals surface area contributed by atoms with Crippen molar-refractivity contribution in [2.24, 2.45) is 0 Å². The fourth-order valence-electron chi connectivity index (χ4n) is 1.80. The molecule has 2 atom stereocenters. The normalized spacial score (nSPS) is 43.7. The molecule has 0 aromatic heterocycles. The van der Waals surface area contributed by atoms with E-state index >= 15 is 0 Å². The van der Waals surface area contributed by atoms with Gasteiger partial charge in [0.15, 0.2) is 0 Å². The highest BCUT2D eigenvalue weighted by atomic mass is 16.6. The summed E-state index contributed by atoms with van der Waals surface area (Å²) in [5.74, 6) is 0. The number of hydrogen-bond donors (Lipinski definition) is 0. The third-order valence-corrected chi connectivity index (χ3v) is 2.22. The molecule has 1 nitrogen and oxygen atoms in total. The van der Waals surface area contributed by atoms with Crippen molar-refractivity contribution in [3.8, 4) is 0 Å². The van der Waals surface area contributed by atoms with Gasteiger partial charge in [0.2, 0.25) is 0 Å². The summed E-state index contributed by atoms with van der Waals surface area (Å²) in [5, 5.41) is 0. The van der Waals surface area contributed by atoms with Gasteiger partial charge in [0.05, 0.1) is 0 Å². The molecule has 1 aliphatic carbocycles. The minimum atomic E-state index is 0.0584. The van der Waals surface area contributed by atoms with Crippen LogP contribution in [-0.4, -0.2) is 11.7 Å². The zero-order chi connectivity index (χ0) is 7.35. The third kappa shape index (κ3) is 0.671. The van der Waals surface area contributed by atoms with E-state index in [1.165, 1.54) is 11.1 Å². The van der Waals surface area contributed by atoms with Crippen molar-refractivity contribution in [1.29, 1.82) is 0 Å². The van der Waals surface area contributed by atoms with Crippen LogP contribution in [0.2, 0.25) is 0 Å². The molecule has 1 fully saturated rings. The molecular formula is C9H12O. The van der Waals surface area contributed by atoms with Gasteiger partial charge < -0.3 is 4.74 Å². The molecule has 0 saturated carbocycles. The van der Waals surface area contributed by atoms with Gasteiger partial charge in [-0.05, 0) is 32.4 Å². The zero-order valence-electron chi connectivity index (χ0n) is 6.64. The van der Waals surface area contributed by atoms with Gasteiger partial charge in [-0.3, -0.25) is 0 Å². The van der Waals surface area contributed by atoms with E-state index in [4.69, 9.17) is 4.74 Å². The zero-order valence-corrected chi connectivity index (χ0v) is 6.64. The molecule has 54 valence electrons. The van der Waals surface area contributed by atoms with Crippen LogP contribution in [0.3, 0.4) is 0 Å². The first-order valence-electron chi connectivity index (χ1n) is 3.67. The molecule has 0 aromatic carbocycles. The SMILES string of the molecule is CC1=CC2(C)OC2C(C)=C1. The van der Waals surface area contributed by atoms with Gasteiger partial charge in [0.1, 0.15) is 11.7 Å². The maximum absolute atomic E-state index is 5.50. The third-order valence-electron chi connectivity index (χ3n) is 2.22. The predicted octanol–water partition coefficient (Wildman–Crippen LogP) is 2.05. The molecule has 2 unspecified atom stereocenters.